The lowest BCUT2D eigenvalue weighted by Gasteiger charge is -2.09. The van der Waals surface area contributed by atoms with Crippen molar-refractivity contribution in [2.45, 2.75) is 13.3 Å². The highest BCUT2D eigenvalue weighted by Gasteiger charge is 2.11. The van der Waals surface area contributed by atoms with Gasteiger partial charge < -0.3 is 5.32 Å². The Bertz CT molecular complexity index is 1150. The number of hydrogen-bond donors (Lipinski definition) is 1. The average Bonchev–Trinajstić information content (AvgIpc) is 3.35. The second-order valence-corrected chi connectivity index (χ2v) is 6.61. The molecule has 0 saturated heterocycles. The molecule has 1 amide bonds. The minimum Gasteiger partial charge on any atom is -0.347 e. The number of benzene rings is 2. The Kier molecular flexibility index (Phi) is 7.73. The van der Waals surface area contributed by atoms with Gasteiger partial charge in [-0.3, -0.25) is 9.79 Å². The van der Waals surface area contributed by atoms with Gasteiger partial charge in [-0.05, 0) is 48.9 Å². The zero-order chi connectivity index (χ0) is 21.9. The average molecular weight is 409 g/mol. The van der Waals surface area contributed by atoms with Gasteiger partial charge in [0.15, 0.2) is 0 Å². The van der Waals surface area contributed by atoms with E-state index in [9.17, 15) is 4.79 Å². The summed E-state index contributed by atoms with van der Waals surface area (Å²) in [6, 6.07) is 17.0. The standard InChI is InChI=1S/C26H24N4O/c1-3-5-16-27-24(4-2)20-28-26(31)23-14-15-25(30-18-9-17-29-30)22(19-23)13-12-21-10-7-6-8-11-21/h3,5-11,14-19H,1,4,20H2,2H3,(H,28,31)/b16-5-,27-24+. The van der Waals surface area contributed by atoms with Crippen LogP contribution in [0.5, 0.6) is 0 Å². The van der Waals surface area contributed by atoms with Crippen molar-refractivity contribution in [1.29, 1.82) is 0 Å². The third-order valence-corrected chi connectivity index (χ3v) is 4.47. The normalized spacial score (nSPS) is 11.1. The van der Waals surface area contributed by atoms with Crippen molar-refractivity contribution in [3.8, 4) is 17.5 Å². The Morgan fingerprint density at radius 1 is 1.19 bits per heavy atom. The first-order chi connectivity index (χ1) is 15.2. The van der Waals surface area contributed by atoms with E-state index in [2.05, 4.69) is 33.8 Å². The van der Waals surface area contributed by atoms with E-state index in [0.29, 0.717) is 12.1 Å². The Hall–Kier alpha value is -4.17. The van der Waals surface area contributed by atoms with Crippen LogP contribution in [0.4, 0.5) is 0 Å². The molecule has 3 aromatic rings. The minimum atomic E-state index is -0.177. The molecule has 0 radical (unpaired) electrons. The number of aliphatic imine (C=N–C) groups is 1. The number of carbonyl (C=O) groups is 1. The summed E-state index contributed by atoms with van der Waals surface area (Å²) in [7, 11) is 0. The van der Waals surface area contributed by atoms with Gasteiger partial charge in [-0.25, -0.2) is 4.68 Å². The summed E-state index contributed by atoms with van der Waals surface area (Å²) < 4.78 is 1.74. The van der Waals surface area contributed by atoms with E-state index in [0.717, 1.165) is 28.9 Å². The minimum absolute atomic E-state index is 0.177. The van der Waals surface area contributed by atoms with Crippen molar-refractivity contribution in [3.63, 3.8) is 0 Å². The molecule has 1 heterocycles. The molecule has 154 valence electrons. The van der Waals surface area contributed by atoms with E-state index in [4.69, 9.17) is 0 Å². The maximum absolute atomic E-state index is 12.7. The summed E-state index contributed by atoms with van der Waals surface area (Å²) in [5.74, 6) is 6.17. The fourth-order valence-corrected chi connectivity index (χ4v) is 2.81. The molecule has 31 heavy (non-hydrogen) atoms. The first-order valence-electron chi connectivity index (χ1n) is 10.0. The maximum atomic E-state index is 12.7. The predicted molar refractivity (Wildman–Crippen MR) is 125 cm³/mol. The van der Waals surface area contributed by atoms with Crippen molar-refractivity contribution >= 4 is 11.6 Å². The Morgan fingerprint density at radius 3 is 2.74 bits per heavy atom. The molecule has 0 saturated carbocycles. The Labute approximate surface area is 182 Å². The van der Waals surface area contributed by atoms with Crippen LogP contribution in [0, 0.1) is 11.8 Å². The summed E-state index contributed by atoms with van der Waals surface area (Å²) in [5.41, 5.74) is 3.85. The van der Waals surface area contributed by atoms with Gasteiger partial charge in [0.2, 0.25) is 0 Å². The quantitative estimate of drug-likeness (QED) is 0.354. The highest BCUT2D eigenvalue weighted by molar-refractivity contribution is 5.98. The number of nitrogens with zero attached hydrogens (tertiary/aromatic N) is 3. The van der Waals surface area contributed by atoms with Gasteiger partial charge in [-0.2, -0.15) is 5.10 Å². The molecule has 2 aromatic carbocycles. The summed E-state index contributed by atoms with van der Waals surface area (Å²) in [6.45, 7) is 6.00. The first-order valence-corrected chi connectivity index (χ1v) is 10.0. The Balaban J connectivity index is 1.85. The van der Waals surface area contributed by atoms with Crippen molar-refractivity contribution < 1.29 is 4.79 Å². The monoisotopic (exact) mass is 408 g/mol. The smallest absolute Gasteiger partial charge is 0.251 e. The molecule has 0 fully saturated rings. The molecule has 1 N–H and O–H groups in total. The molecule has 0 aliphatic heterocycles. The van der Waals surface area contributed by atoms with Crippen LogP contribution in [0.1, 0.15) is 34.8 Å². The van der Waals surface area contributed by atoms with Crippen LogP contribution in [-0.2, 0) is 0 Å². The lowest BCUT2D eigenvalue weighted by molar-refractivity contribution is 0.0959. The molecule has 0 spiro atoms. The molecule has 5 nitrogen and oxygen atoms in total. The summed E-state index contributed by atoms with van der Waals surface area (Å²) >= 11 is 0. The van der Waals surface area contributed by atoms with Gasteiger partial charge in [-0.1, -0.05) is 49.6 Å². The fourth-order valence-electron chi connectivity index (χ4n) is 2.81. The van der Waals surface area contributed by atoms with Crippen molar-refractivity contribution in [1.82, 2.24) is 15.1 Å². The molecule has 0 bridgehead atoms. The predicted octanol–water partition coefficient (Wildman–Crippen LogP) is 4.55. The van der Waals surface area contributed by atoms with Gasteiger partial charge in [0, 0.05) is 35.4 Å². The lowest BCUT2D eigenvalue weighted by atomic mass is 10.1. The number of hydrogen-bond acceptors (Lipinski definition) is 3. The highest BCUT2D eigenvalue weighted by Crippen LogP contribution is 2.16. The number of allylic oxidation sites excluding steroid dienone is 2. The number of amides is 1. The van der Waals surface area contributed by atoms with Crippen LogP contribution in [-0.4, -0.2) is 27.9 Å². The van der Waals surface area contributed by atoms with Gasteiger partial charge >= 0.3 is 0 Å². The van der Waals surface area contributed by atoms with Gasteiger partial charge in [0.1, 0.15) is 0 Å². The summed E-state index contributed by atoms with van der Waals surface area (Å²) in [4.78, 5) is 17.1. The molecule has 0 unspecified atom stereocenters. The first kappa shape index (κ1) is 21.5. The van der Waals surface area contributed by atoms with E-state index >= 15 is 0 Å². The topological polar surface area (TPSA) is 59.3 Å². The molecular weight excluding hydrogens is 384 g/mol. The van der Waals surface area contributed by atoms with E-state index < -0.39 is 0 Å². The van der Waals surface area contributed by atoms with E-state index in [1.807, 2.05) is 55.6 Å². The second-order valence-electron chi connectivity index (χ2n) is 6.61. The molecular formula is C26H24N4O. The van der Waals surface area contributed by atoms with Crippen LogP contribution in [0.3, 0.4) is 0 Å². The van der Waals surface area contributed by atoms with Gasteiger partial charge in [0.25, 0.3) is 5.91 Å². The largest absolute Gasteiger partial charge is 0.347 e. The van der Waals surface area contributed by atoms with Crippen LogP contribution in [0.15, 0.2) is 96.9 Å². The maximum Gasteiger partial charge on any atom is 0.251 e. The molecule has 3 rings (SSSR count). The third kappa shape index (κ3) is 6.15. The zero-order valence-electron chi connectivity index (χ0n) is 17.5. The van der Waals surface area contributed by atoms with Crippen LogP contribution < -0.4 is 5.32 Å². The summed E-state index contributed by atoms with van der Waals surface area (Å²) in [5, 5.41) is 7.23. The SMILES string of the molecule is C=C/C=C\N=C(/CC)CNC(=O)c1ccc(-n2cccn2)c(C#Cc2ccccc2)c1. The second kappa shape index (κ2) is 11.1. The van der Waals surface area contributed by atoms with E-state index in [1.54, 1.807) is 41.4 Å². The van der Waals surface area contributed by atoms with E-state index in [-0.39, 0.29) is 5.91 Å². The van der Waals surface area contributed by atoms with Crippen LogP contribution in [0.2, 0.25) is 0 Å². The van der Waals surface area contributed by atoms with Crippen molar-refractivity contribution in [2.24, 2.45) is 4.99 Å². The van der Waals surface area contributed by atoms with Crippen molar-refractivity contribution in [3.05, 3.63) is 109 Å². The highest BCUT2D eigenvalue weighted by atomic mass is 16.1. The summed E-state index contributed by atoms with van der Waals surface area (Å²) in [6.07, 6.45) is 9.39. The number of carbonyl (C=O) groups excluding carboxylic acids is 1. The Morgan fingerprint density at radius 2 is 2.03 bits per heavy atom. The van der Waals surface area contributed by atoms with E-state index in [1.165, 1.54) is 0 Å². The molecule has 0 aliphatic rings. The fraction of sp³-hybridized carbons (Fsp3) is 0.115. The lowest BCUT2D eigenvalue weighted by Crippen LogP contribution is -2.29. The number of aromatic nitrogens is 2. The third-order valence-electron chi connectivity index (χ3n) is 4.47. The van der Waals surface area contributed by atoms with Crippen LogP contribution in [0.25, 0.3) is 5.69 Å². The van der Waals surface area contributed by atoms with Crippen LogP contribution >= 0.6 is 0 Å². The van der Waals surface area contributed by atoms with Gasteiger partial charge in [0.05, 0.1) is 17.8 Å². The number of rotatable bonds is 7. The van der Waals surface area contributed by atoms with Crippen molar-refractivity contribution in [2.75, 3.05) is 6.54 Å². The molecule has 0 aliphatic carbocycles. The van der Waals surface area contributed by atoms with Gasteiger partial charge in [-0.15, -0.1) is 0 Å². The number of nitrogens with one attached hydrogen (secondary N) is 1. The molecule has 0 atom stereocenters. The molecule has 5 heteroatoms. The zero-order valence-corrected chi connectivity index (χ0v) is 17.5. The molecule has 1 aromatic heterocycles.